The van der Waals surface area contributed by atoms with Gasteiger partial charge < -0.3 is 14.2 Å². The summed E-state index contributed by atoms with van der Waals surface area (Å²) in [5.74, 6) is 0.813. The second-order valence-electron chi connectivity index (χ2n) is 19.1. The molecule has 0 bridgehead atoms. The number of carbonyl (C=O) groups is 3. The predicted octanol–water partition coefficient (Wildman–Crippen LogP) is 16.9. The first-order valence-corrected chi connectivity index (χ1v) is 26.2. The SMILES string of the molecule is CCCCCCCCCCCCCC(=O)OC[C@H](COC(=O)CCCCCCCCCCCCCCCCC(C)C)OC(=O)CCCCCCCCCCCCC(C)C. The van der Waals surface area contributed by atoms with E-state index in [1.54, 1.807) is 0 Å². The molecule has 0 aromatic heterocycles. The first kappa shape index (κ1) is 57.4. The van der Waals surface area contributed by atoms with Crippen molar-refractivity contribution in [2.45, 2.75) is 298 Å². The van der Waals surface area contributed by atoms with Crippen LogP contribution in [0.4, 0.5) is 0 Å². The van der Waals surface area contributed by atoms with E-state index in [1.807, 2.05) is 0 Å². The van der Waals surface area contributed by atoms with Crippen molar-refractivity contribution in [2.75, 3.05) is 13.2 Å². The minimum Gasteiger partial charge on any atom is -0.462 e. The molecule has 0 N–H and O–H groups in total. The zero-order valence-corrected chi connectivity index (χ0v) is 40.4. The summed E-state index contributed by atoms with van der Waals surface area (Å²) < 4.78 is 16.8. The Morgan fingerprint density at radius 2 is 0.559 bits per heavy atom. The number of carbonyl (C=O) groups excluding carboxylic acids is 3. The van der Waals surface area contributed by atoms with Gasteiger partial charge in [-0.3, -0.25) is 14.4 Å². The number of unbranched alkanes of at least 4 members (excludes halogenated alkanes) is 32. The zero-order valence-electron chi connectivity index (χ0n) is 40.4. The molecule has 0 aliphatic heterocycles. The topological polar surface area (TPSA) is 78.9 Å². The van der Waals surface area contributed by atoms with E-state index in [2.05, 4.69) is 34.6 Å². The Morgan fingerprint density at radius 3 is 0.831 bits per heavy atom. The van der Waals surface area contributed by atoms with Gasteiger partial charge in [-0.15, -0.1) is 0 Å². The van der Waals surface area contributed by atoms with Gasteiger partial charge in [-0.1, -0.05) is 253 Å². The summed E-state index contributed by atoms with van der Waals surface area (Å²) in [6.45, 7) is 11.4. The smallest absolute Gasteiger partial charge is 0.306 e. The van der Waals surface area contributed by atoms with Crippen LogP contribution in [-0.2, 0) is 28.6 Å². The van der Waals surface area contributed by atoms with Crippen molar-refractivity contribution >= 4 is 17.9 Å². The molecule has 0 unspecified atom stereocenters. The molecule has 6 heteroatoms. The highest BCUT2D eigenvalue weighted by atomic mass is 16.6. The number of rotatable bonds is 47. The molecule has 0 rings (SSSR count). The third-order valence-corrected chi connectivity index (χ3v) is 12.0. The minimum absolute atomic E-state index is 0.0636. The third-order valence-electron chi connectivity index (χ3n) is 12.0. The van der Waals surface area contributed by atoms with E-state index < -0.39 is 6.10 Å². The van der Waals surface area contributed by atoms with Crippen molar-refractivity contribution in [3.05, 3.63) is 0 Å². The van der Waals surface area contributed by atoms with E-state index in [1.165, 1.54) is 180 Å². The van der Waals surface area contributed by atoms with Gasteiger partial charge in [0.2, 0.25) is 0 Å². The average molecular weight is 835 g/mol. The fourth-order valence-electron chi connectivity index (χ4n) is 7.99. The molecule has 6 nitrogen and oxygen atoms in total. The highest BCUT2D eigenvalue weighted by molar-refractivity contribution is 5.71. The van der Waals surface area contributed by atoms with Gasteiger partial charge in [-0.2, -0.15) is 0 Å². The standard InChI is InChI=1S/C53H102O6/c1-6-7-8-9-10-11-16-23-28-33-38-43-51(54)57-46-50(59-53(56)45-40-35-30-25-20-19-22-27-32-37-42-49(4)5)47-58-52(55)44-39-34-29-24-18-15-13-12-14-17-21-26-31-36-41-48(2)3/h48-50H,6-47H2,1-5H3/t50-/m1/s1. The molecule has 0 radical (unpaired) electrons. The van der Waals surface area contributed by atoms with E-state index in [0.29, 0.717) is 19.3 Å². The number of ether oxygens (including phenoxy) is 3. The molecule has 0 heterocycles. The quantitative estimate of drug-likeness (QED) is 0.0345. The Kier molecular flexibility index (Phi) is 44.7. The van der Waals surface area contributed by atoms with Crippen LogP contribution < -0.4 is 0 Å². The van der Waals surface area contributed by atoms with E-state index >= 15 is 0 Å². The first-order chi connectivity index (χ1) is 28.7. The molecule has 0 aliphatic carbocycles. The minimum atomic E-state index is -0.761. The second-order valence-corrected chi connectivity index (χ2v) is 19.1. The van der Waals surface area contributed by atoms with E-state index in [9.17, 15) is 14.4 Å². The van der Waals surface area contributed by atoms with E-state index in [-0.39, 0.29) is 31.1 Å². The monoisotopic (exact) mass is 835 g/mol. The molecule has 0 spiro atoms. The number of hydrogen-bond donors (Lipinski definition) is 0. The molecule has 0 saturated heterocycles. The Bertz CT molecular complexity index is 900. The molecule has 0 aromatic carbocycles. The maximum atomic E-state index is 12.8. The van der Waals surface area contributed by atoms with Crippen LogP contribution in [0, 0.1) is 11.8 Å². The molecule has 350 valence electrons. The van der Waals surface area contributed by atoms with Crippen molar-refractivity contribution < 1.29 is 28.6 Å². The lowest BCUT2D eigenvalue weighted by atomic mass is 10.0. The average Bonchev–Trinajstić information content (AvgIpc) is 3.20. The van der Waals surface area contributed by atoms with Crippen molar-refractivity contribution in [3.8, 4) is 0 Å². The third kappa shape index (κ3) is 47.3. The molecule has 1 atom stereocenters. The maximum Gasteiger partial charge on any atom is 0.306 e. The summed E-state index contributed by atoms with van der Waals surface area (Å²) in [6.07, 6.45) is 46.6. The van der Waals surface area contributed by atoms with Gasteiger partial charge in [-0.05, 0) is 31.1 Å². The Morgan fingerprint density at radius 1 is 0.322 bits per heavy atom. The summed E-state index contributed by atoms with van der Waals surface area (Å²) in [6, 6.07) is 0. The molecule has 0 saturated carbocycles. The first-order valence-electron chi connectivity index (χ1n) is 26.2. The number of hydrogen-bond acceptors (Lipinski definition) is 6. The van der Waals surface area contributed by atoms with Gasteiger partial charge in [0.05, 0.1) is 0 Å². The Balaban J connectivity index is 4.28. The normalized spacial score (nSPS) is 12.1. The summed E-state index contributed by atoms with van der Waals surface area (Å²) in [5.41, 5.74) is 0. The second kappa shape index (κ2) is 45.9. The van der Waals surface area contributed by atoms with Crippen molar-refractivity contribution in [3.63, 3.8) is 0 Å². The van der Waals surface area contributed by atoms with Gasteiger partial charge in [0.1, 0.15) is 13.2 Å². The largest absolute Gasteiger partial charge is 0.462 e. The predicted molar refractivity (Wildman–Crippen MR) is 252 cm³/mol. The summed E-state index contributed by atoms with van der Waals surface area (Å²) in [5, 5.41) is 0. The Hall–Kier alpha value is -1.59. The van der Waals surface area contributed by atoms with Crippen LogP contribution in [0.5, 0.6) is 0 Å². The van der Waals surface area contributed by atoms with Crippen LogP contribution in [-0.4, -0.2) is 37.2 Å². The van der Waals surface area contributed by atoms with Crippen LogP contribution in [0.25, 0.3) is 0 Å². The molecular formula is C53H102O6. The van der Waals surface area contributed by atoms with Gasteiger partial charge in [0.25, 0.3) is 0 Å². The van der Waals surface area contributed by atoms with Crippen molar-refractivity contribution in [1.82, 2.24) is 0 Å². The summed E-state index contributed by atoms with van der Waals surface area (Å²) >= 11 is 0. The van der Waals surface area contributed by atoms with Crippen molar-refractivity contribution in [1.29, 1.82) is 0 Å². The van der Waals surface area contributed by atoms with Gasteiger partial charge in [-0.25, -0.2) is 0 Å². The number of esters is 3. The summed E-state index contributed by atoms with van der Waals surface area (Å²) in [4.78, 5) is 37.9. The van der Waals surface area contributed by atoms with Gasteiger partial charge >= 0.3 is 17.9 Å². The van der Waals surface area contributed by atoms with Gasteiger partial charge in [0.15, 0.2) is 6.10 Å². The maximum absolute atomic E-state index is 12.8. The van der Waals surface area contributed by atoms with Crippen LogP contribution in [0.2, 0.25) is 0 Å². The molecule has 0 amide bonds. The molecule has 59 heavy (non-hydrogen) atoms. The van der Waals surface area contributed by atoms with Crippen LogP contribution in [0.1, 0.15) is 291 Å². The van der Waals surface area contributed by atoms with Gasteiger partial charge in [0, 0.05) is 19.3 Å². The lowest BCUT2D eigenvalue weighted by molar-refractivity contribution is -0.167. The molecule has 0 fully saturated rings. The highest BCUT2D eigenvalue weighted by Crippen LogP contribution is 2.17. The molecule has 0 aliphatic rings. The molecular weight excluding hydrogens is 733 g/mol. The lowest BCUT2D eigenvalue weighted by Gasteiger charge is -2.18. The van der Waals surface area contributed by atoms with E-state index in [0.717, 1.165) is 69.6 Å². The fraction of sp³-hybridized carbons (Fsp3) is 0.943. The van der Waals surface area contributed by atoms with Crippen LogP contribution in [0.15, 0.2) is 0 Å². The fourth-order valence-corrected chi connectivity index (χ4v) is 7.99. The van der Waals surface area contributed by atoms with Crippen LogP contribution >= 0.6 is 0 Å². The van der Waals surface area contributed by atoms with Crippen molar-refractivity contribution in [2.24, 2.45) is 11.8 Å². The van der Waals surface area contributed by atoms with E-state index in [4.69, 9.17) is 14.2 Å². The lowest BCUT2D eigenvalue weighted by Crippen LogP contribution is -2.30. The van der Waals surface area contributed by atoms with Crippen LogP contribution in [0.3, 0.4) is 0 Å². The highest BCUT2D eigenvalue weighted by Gasteiger charge is 2.19. The summed E-state index contributed by atoms with van der Waals surface area (Å²) in [7, 11) is 0. The molecule has 0 aromatic rings. The zero-order chi connectivity index (χ0) is 43.3. The Labute approximate surface area is 368 Å².